The molecule has 3 rings (SSSR count). The first-order chi connectivity index (χ1) is 9.49. The van der Waals surface area contributed by atoms with Gasteiger partial charge in [0.25, 0.3) is 5.91 Å². The van der Waals surface area contributed by atoms with Gasteiger partial charge in [-0.2, -0.15) is 0 Å². The number of carbonyl (C=O) groups excluding carboxylic acids is 1. The van der Waals surface area contributed by atoms with Crippen LogP contribution in [0.25, 0.3) is 0 Å². The van der Waals surface area contributed by atoms with E-state index in [4.69, 9.17) is 17.3 Å². The smallest absolute Gasteiger partial charge is 0.266 e. The fraction of sp³-hybridized carbons (Fsp3) is 0.286. The molecular formula is C14H13ClFN3O. The number of nitrogens with zero attached hydrogens (tertiary/aromatic N) is 2. The quantitative estimate of drug-likeness (QED) is 0.924. The molecule has 6 heteroatoms. The lowest BCUT2D eigenvalue weighted by Gasteiger charge is -2.13. The van der Waals surface area contributed by atoms with Crippen LogP contribution in [0.5, 0.6) is 0 Å². The topological polar surface area (TPSA) is 60.9 Å². The number of hydrogen-bond acceptors (Lipinski definition) is 2. The molecule has 0 radical (unpaired) electrons. The van der Waals surface area contributed by atoms with Gasteiger partial charge in [0.15, 0.2) is 0 Å². The zero-order chi connectivity index (χ0) is 14.4. The minimum absolute atomic E-state index is 0.0590. The van der Waals surface area contributed by atoms with Crippen molar-refractivity contribution in [1.29, 1.82) is 0 Å². The molecule has 0 unspecified atom stereocenters. The summed E-state index contributed by atoms with van der Waals surface area (Å²) in [5.74, 6) is -0.156. The Morgan fingerprint density at radius 3 is 2.95 bits per heavy atom. The average molecular weight is 294 g/mol. The summed E-state index contributed by atoms with van der Waals surface area (Å²) in [5, 5.41) is 0.373. The lowest BCUT2D eigenvalue weighted by Crippen LogP contribution is -2.17. The molecule has 0 spiro atoms. The van der Waals surface area contributed by atoms with Crippen LogP contribution in [-0.4, -0.2) is 15.5 Å². The highest BCUT2D eigenvalue weighted by Gasteiger charge is 2.30. The van der Waals surface area contributed by atoms with Crippen molar-refractivity contribution in [2.24, 2.45) is 12.8 Å². The molecule has 1 aliphatic rings. The molecule has 1 heterocycles. The Labute approximate surface area is 120 Å². The van der Waals surface area contributed by atoms with Crippen molar-refractivity contribution in [2.75, 3.05) is 0 Å². The van der Waals surface area contributed by atoms with Gasteiger partial charge in [0.1, 0.15) is 17.3 Å². The number of imidazole rings is 1. The van der Waals surface area contributed by atoms with Crippen molar-refractivity contribution in [2.45, 2.75) is 18.8 Å². The highest BCUT2D eigenvalue weighted by atomic mass is 35.5. The molecule has 0 aliphatic heterocycles. The number of amides is 1. The first kappa shape index (κ1) is 13.1. The van der Waals surface area contributed by atoms with E-state index < -0.39 is 5.91 Å². The second-order valence-corrected chi connectivity index (χ2v) is 5.41. The fourth-order valence-electron chi connectivity index (χ4n) is 2.89. The van der Waals surface area contributed by atoms with Crippen LogP contribution in [0.4, 0.5) is 4.39 Å². The molecular weight excluding hydrogens is 281 g/mol. The number of hydrogen-bond donors (Lipinski definition) is 1. The van der Waals surface area contributed by atoms with Crippen LogP contribution in [0.3, 0.4) is 0 Å². The average Bonchev–Trinajstić information content (AvgIpc) is 2.92. The standard InChI is InChI=1S/C14H13ClFN3O/c1-19-12(13(17)20)6-18-14(19)9-3-2-8-10(9)4-7(15)5-11(8)16/h4-6,9H,2-3H2,1H3,(H2,17,20)/t9-/m1/s1. The molecule has 2 aromatic rings. The van der Waals surface area contributed by atoms with E-state index in [9.17, 15) is 9.18 Å². The van der Waals surface area contributed by atoms with E-state index in [1.165, 1.54) is 12.3 Å². The van der Waals surface area contributed by atoms with E-state index in [2.05, 4.69) is 4.98 Å². The summed E-state index contributed by atoms with van der Waals surface area (Å²) in [6.45, 7) is 0. The molecule has 1 aliphatic carbocycles. The van der Waals surface area contributed by atoms with E-state index in [1.54, 1.807) is 17.7 Å². The maximum Gasteiger partial charge on any atom is 0.266 e. The molecule has 1 aromatic heterocycles. The Hall–Kier alpha value is -1.88. The SMILES string of the molecule is Cn1c(C(N)=O)cnc1[C@@H]1CCc2c(F)cc(Cl)cc21. The van der Waals surface area contributed by atoms with Gasteiger partial charge in [0.2, 0.25) is 0 Å². The summed E-state index contributed by atoms with van der Waals surface area (Å²) in [7, 11) is 1.74. The number of nitrogens with two attached hydrogens (primary N) is 1. The van der Waals surface area contributed by atoms with Crippen LogP contribution in [0.2, 0.25) is 5.02 Å². The number of primary amides is 1. The summed E-state index contributed by atoms with van der Waals surface area (Å²) >= 11 is 5.94. The Balaban J connectivity index is 2.10. The third-order valence-corrected chi connectivity index (χ3v) is 4.06. The lowest BCUT2D eigenvalue weighted by molar-refractivity contribution is 0.0992. The second kappa shape index (κ2) is 4.59. The van der Waals surface area contributed by atoms with Gasteiger partial charge in [-0.25, -0.2) is 9.37 Å². The highest BCUT2D eigenvalue weighted by molar-refractivity contribution is 6.30. The Morgan fingerprint density at radius 2 is 2.30 bits per heavy atom. The van der Waals surface area contributed by atoms with Gasteiger partial charge in [-0.1, -0.05) is 11.6 Å². The van der Waals surface area contributed by atoms with Gasteiger partial charge in [0.05, 0.1) is 6.20 Å². The van der Waals surface area contributed by atoms with E-state index in [-0.39, 0.29) is 11.7 Å². The van der Waals surface area contributed by atoms with Gasteiger partial charge in [-0.3, -0.25) is 4.79 Å². The molecule has 4 nitrogen and oxygen atoms in total. The molecule has 0 saturated carbocycles. The fourth-order valence-corrected chi connectivity index (χ4v) is 3.10. The van der Waals surface area contributed by atoms with E-state index in [0.29, 0.717) is 28.5 Å². The minimum Gasteiger partial charge on any atom is -0.364 e. The summed E-state index contributed by atoms with van der Waals surface area (Å²) in [6.07, 6.45) is 2.84. The largest absolute Gasteiger partial charge is 0.364 e. The van der Waals surface area contributed by atoms with E-state index in [1.807, 2.05) is 0 Å². The number of carbonyl (C=O) groups is 1. The highest BCUT2D eigenvalue weighted by Crippen LogP contribution is 2.40. The maximum atomic E-state index is 13.9. The number of fused-ring (bicyclic) bond motifs is 1. The third kappa shape index (κ3) is 1.89. The summed E-state index contributed by atoms with van der Waals surface area (Å²) in [5.41, 5.74) is 7.16. The van der Waals surface area contributed by atoms with Crippen molar-refractivity contribution in [3.05, 3.63) is 51.8 Å². The normalized spacial score (nSPS) is 17.2. The predicted molar refractivity (Wildman–Crippen MR) is 73.3 cm³/mol. The number of halogens is 2. The number of rotatable bonds is 2. The lowest BCUT2D eigenvalue weighted by atomic mass is 10.0. The van der Waals surface area contributed by atoms with Gasteiger partial charge >= 0.3 is 0 Å². The van der Waals surface area contributed by atoms with Crippen LogP contribution >= 0.6 is 11.6 Å². The Bertz CT molecular complexity index is 711. The molecule has 1 aromatic carbocycles. The van der Waals surface area contributed by atoms with Crippen LogP contribution in [0, 0.1) is 5.82 Å². The summed E-state index contributed by atoms with van der Waals surface area (Å²) in [4.78, 5) is 15.6. The van der Waals surface area contributed by atoms with Crippen molar-refractivity contribution in [3.63, 3.8) is 0 Å². The molecule has 20 heavy (non-hydrogen) atoms. The molecule has 0 bridgehead atoms. The van der Waals surface area contributed by atoms with Crippen LogP contribution < -0.4 is 5.73 Å². The monoisotopic (exact) mass is 293 g/mol. The summed E-state index contributed by atoms with van der Waals surface area (Å²) in [6, 6.07) is 3.10. The summed E-state index contributed by atoms with van der Waals surface area (Å²) < 4.78 is 15.6. The predicted octanol–water partition coefficient (Wildman–Crippen LogP) is 2.39. The number of benzene rings is 1. The van der Waals surface area contributed by atoms with Crippen molar-refractivity contribution in [1.82, 2.24) is 9.55 Å². The van der Waals surface area contributed by atoms with Crippen LogP contribution in [-0.2, 0) is 13.5 Å². The third-order valence-electron chi connectivity index (χ3n) is 3.84. The van der Waals surface area contributed by atoms with Gasteiger partial charge in [0, 0.05) is 18.0 Å². The molecule has 1 amide bonds. The number of aromatic nitrogens is 2. The molecule has 0 saturated heterocycles. The van der Waals surface area contributed by atoms with Crippen molar-refractivity contribution < 1.29 is 9.18 Å². The second-order valence-electron chi connectivity index (χ2n) is 4.97. The minimum atomic E-state index is -0.526. The van der Waals surface area contributed by atoms with E-state index in [0.717, 1.165) is 12.0 Å². The molecule has 2 N–H and O–H groups in total. The first-order valence-corrected chi connectivity index (χ1v) is 6.66. The van der Waals surface area contributed by atoms with Crippen molar-refractivity contribution in [3.8, 4) is 0 Å². The van der Waals surface area contributed by atoms with E-state index >= 15 is 0 Å². The first-order valence-electron chi connectivity index (χ1n) is 6.28. The Morgan fingerprint density at radius 1 is 1.55 bits per heavy atom. The van der Waals surface area contributed by atoms with Gasteiger partial charge in [-0.05, 0) is 36.1 Å². The molecule has 0 fully saturated rings. The zero-order valence-corrected chi connectivity index (χ0v) is 11.6. The Kier molecular flexibility index (Phi) is 3.01. The zero-order valence-electron chi connectivity index (χ0n) is 10.9. The molecule has 104 valence electrons. The maximum absolute atomic E-state index is 13.9. The van der Waals surface area contributed by atoms with Crippen LogP contribution in [0.15, 0.2) is 18.3 Å². The van der Waals surface area contributed by atoms with Crippen LogP contribution in [0.1, 0.15) is 39.8 Å². The molecule has 1 atom stereocenters. The van der Waals surface area contributed by atoms with Gasteiger partial charge < -0.3 is 10.3 Å². The van der Waals surface area contributed by atoms with Gasteiger partial charge in [-0.15, -0.1) is 0 Å². The van der Waals surface area contributed by atoms with Crippen molar-refractivity contribution >= 4 is 17.5 Å².